The summed E-state index contributed by atoms with van der Waals surface area (Å²) in [6.45, 7) is 0. The zero-order valence-corrected chi connectivity index (χ0v) is 12.8. The molecule has 21 heavy (non-hydrogen) atoms. The van der Waals surface area contributed by atoms with Crippen LogP contribution in [0.1, 0.15) is 5.69 Å². The predicted molar refractivity (Wildman–Crippen MR) is 79.4 cm³/mol. The number of rotatable bonds is 4. The minimum atomic E-state index is -3.54. The van der Waals surface area contributed by atoms with Gasteiger partial charge in [-0.3, -0.25) is 0 Å². The summed E-state index contributed by atoms with van der Waals surface area (Å²) in [5.74, 6) is -0.178. The smallest absolute Gasteiger partial charge is 0.249 e. The Morgan fingerprint density at radius 2 is 2.00 bits per heavy atom. The van der Waals surface area contributed by atoms with Gasteiger partial charge < -0.3 is 4.57 Å². The highest BCUT2D eigenvalue weighted by Gasteiger charge is 2.22. The molecular formula is C13H12N4O2S2. The SMILES string of the molecule is Cn1cnnc1S(=O)(=O)Cc1csc(-c2ccccc2)n1. The Balaban J connectivity index is 1.87. The summed E-state index contributed by atoms with van der Waals surface area (Å²) in [6.07, 6.45) is 1.36. The lowest BCUT2D eigenvalue weighted by molar-refractivity contribution is 0.577. The van der Waals surface area contributed by atoms with E-state index < -0.39 is 9.84 Å². The summed E-state index contributed by atoms with van der Waals surface area (Å²) in [5.41, 5.74) is 1.49. The van der Waals surface area contributed by atoms with Crippen LogP contribution in [0.3, 0.4) is 0 Å². The lowest BCUT2D eigenvalue weighted by Crippen LogP contribution is -2.11. The molecule has 0 saturated heterocycles. The van der Waals surface area contributed by atoms with Gasteiger partial charge >= 0.3 is 0 Å². The summed E-state index contributed by atoms with van der Waals surface area (Å²) < 4.78 is 25.9. The first-order chi connectivity index (χ1) is 10.1. The van der Waals surface area contributed by atoms with Crippen LogP contribution in [0, 0.1) is 0 Å². The molecular weight excluding hydrogens is 308 g/mol. The van der Waals surface area contributed by atoms with E-state index in [1.54, 1.807) is 12.4 Å². The van der Waals surface area contributed by atoms with E-state index in [0.717, 1.165) is 10.6 Å². The Kier molecular flexibility index (Phi) is 3.56. The zero-order valence-electron chi connectivity index (χ0n) is 11.2. The van der Waals surface area contributed by atoms with Crippen LogP contribution in [-0.2, 0) is 22.6 Å². The summed E-state index contributed by atoms with van der Waals surface area (Å²) in [4.78, 5) is 4.39. The largest absolute Gasteiger partial charge is 0.308 e. The molecule has 8 heteroatoms. The van der Waals surface area contributed by atoms with E-state index in [0.29, 0.717) is 5.69 Å². The molecule has 3 rings (SSSR count). The molecule has 0 N–H and O–H groups in total. The molecule has 0 unspecified atom stereocenters. The van der Waals surface area contributed by atoms with Gasteiger partial charge in [0.15, 0.2) is 0 Å². The van der Waals surface area contributed by atoms with E-state index in [2.05, 4.69) is 15.2 Å². The number of hydrogen-bond acceptors (Lipinski definition) is 6. The number of nitrogens with zero attached hydrogens (tertiary/aromatic N) is 4. The molecule has 0 bridgehead atoms. The van der Waals surface area contributed by atoms with Crippen molar-refractivity contribution >= 4 is 21.2 Å². The van der Waals surface area contributed by atoms with Crippen molar-refractivity contribution in [3.05, 3.63) is 47.7 Å². The second-order valence-electron chi connectivity index (χ2n) is 4.49. The first-order valence-corrected chi connectivity index (χ1v) is 8.66. The Labute approximate surface area is 126 Å². The first kappa shape index (κ1) is 13.9. The Morgan fingerprint density at radius 3 is 2.67 bits per heavy atom. The van der Waals surface area contributed by atoms with Gasteiger partial charge in [-0.05, 0) is 0 Å². The molecule has 2 heterocycles. The fraction of sp³-hybridized carbons (Fsp3) is 0.154. The van der Waals surface area contributed by atoms with Crippen LogP contribution in [0.2, 0.25) is 0 Å². The van der Waals surface area contributed by atoms with Gasteiger partial charge in [0.1, 0.15) is 17.1 Å². The average molecular weight is 320 g/mol. The lowest BCUT2D eigenvalue weighted by atomic mass is 10.2. The number of sulfone groups is 1. The predicted octanol–water partition coefficient (Wildman–Crippen LogP) is 1.91. The Hall–Kier alpha value is -2.06. The first-order valence-electron chi connectivity index (χ1n) is 6.13. The molecule has 6 nitrogen and oxygen atoms in total. The third kappa shape index (κ3) is 2.86. The van der Waals surface area contributed by atoms with Crippen molar-refractivity contribution in [2.75, 3.05) is 0 Å². The van der Waals surface area contributed by atoms with Crippen LogP contribution in [0.25, 0.3) is 10.6 Å². The molecule has 0 aliphatic rings. The number of aryl methyl sites for hydroxylation is 1. The maximum absolute atomic E-state index is 12.3. The quantitative estimate of drug-likeness (QED) is 0.734. The van der Waals surface area contributed by atoms with E-state index in [9.17, 15) is 8.42 Å². The van der Waals surface area contributed by atoms with Crippen LogP contribution in [0.4, 0.5) is 0 Å². The van der Waals surface area contributed by atoms with Crippen molar-refractivity contribution in [3.63, 3.8) is 0 Å². The highest BCUT2D eigenvalue weighted by atomic mass is 32.2. The average Bonchev–Trinajstić information content (AvgIpc) is 3.08. The molecule has 0 saturated carbocycles. The number of aromatic nitrogens is 4. The van der Waals surface area contributed by atoms with Gasteiger partial charge in [-0.15, -0.1) is 21.5 Å². The highest BCUT2D eigenvalue weighted by molar-refractivity contribution is 7.90. The van der Waals surface area contributed by atoms with Crippen LogP contribution < -0.4 is 0 Å². The summed E-state index contributed by atoms with van der Waals surface area (Å²) >= 11 is 1.43. The molecule has 0 aliphatic heterocycles. The maximum atomic E-state index is 12.3. The number of thiazole rings is 1. The van der Waals surface area contributed by atoms with Crippen LogP contribution >= 0.6 is 11.3 Å². The normalized spacial score (nSPS) is 11.7. The van der Waals surface area contributed by atoms with Gasteiger partial charge in [0.2, 0.25) is 15.0 Å². The molecule has 1 aromatic carbocycles. The van der Waals surface area contributed by atoms with Crippen LogP contribution in [-0.4, -0.2) is 28.2 Å². The summed E-state index contributed by atoms with van der Waals surface area (Å²) in [5, 5.41) is 9.77. The van der Waals surface area contributed by atoms with Gasteiger partial charge in [-0.2, -0.15) is 0 Å². The van der Waals surface area contributed by atoms with Crippen molar-refractivity contribution in [1.82, 2.24) is 19.7 Å². The second kappa shape index (κ2) is 5.38. The molecule has 0 atom stereocenters. The van der Waals surface area contributed by atoms with E-state index in [-0.39, 0.29) is 10.9 Å². The molecule has 0 aliphatic carbocycles. The molecule has 0 amide bonds. The standard InChI is InChI=1S/C13H12N4O2S2/c1-17-9-14-16-13(17)21(18,19)8-11-7-20-12(15-11)10-5-3-2-4-6-10/h2-7,9H,8H2,1H3. The topological polar surface area (TPSA) is 77.7 Å². The summed E-state index contributed by atoms with van der Waals surface area (Å²) in [7, 11) is -1.94. The fourth-order valence-corrected chi connectivity index (χ4v) is 4.16. The monoisotopic (exact) mass is 320 g/mol. The highest BCUT2D eigenvalue weighted by Crippen LogP contribution is 2.24. The van der Waals surface area contributed by atoms with Crippen molar-refractivity contribution in [3.8, 4) is 10.6 Å². The number of hydrogen-bond donors (Lipinski definition) is 0. The van der Waals surface area contributed by atoms with E-state index in [1.807, 2.05) is 30.3 Å². The third-order valence-corrected chi connectivity index (χ3v) is 5.40. The van der Waals surface area contributed by atoms with Crippen LogP contribution in [0.5, 0.6) is 0 Å². The molecule has 3 aromatic rings. The molecule has 2 aromatic heterocycles. The number of benzene rings is 1. The molecule has 108 valence electrons. The third-order valence-electron chi connectivity index (χ3n) is 2.86. The van der Waals surface area contributed by atoms with Crippen molar-refractivity contribution in [2.24, 2.45) is 7.05 Å². The minimum absolute atomic E-state index is 0.0447. The van der Waals surface area contributed by atoms with Gasteiger partial charge in [0.05, 0.1) is 5.69 Å². The minimum Gasteiger partial charge on any atom is -0.308 e. The van der Waals surface area contributed by atoms with E-state index in [4.69, 9.17) is 0 Å². The summed E-state index contributed by atoms with van der Waals surface area (Å²) in [6, 6.07) is 9.66. The van der Waals surface area contributed by atoms with Gasteiger partial charge in [-0.1, -0.05) is 30.3 Å². The van der Waals surface area contributed by atoms with Crippen molar-refractivity contribution < 1.29 is 8.42 Å². The maximum Gasteiger partial charge on any atom is 0.249 e. The zero-order chi connectivity index (χ0) is 14.9. The van der Waals surface area contributed by atoms with Crippen LogP contribution in [0.15, 0.2) is 47.2 Å². The van der Waals surface area contributed by atoms with Gasteiger partial charge in [-0.25, -0.2) is 13.4 Å². The molecule has 0 spiro atoms. The van der Waals surface area contributed by atoms with E-state index in [1.165, 1.54) is 22.2 Å². The van der Waals surface area contributed by atoms with Crippen molar-refractivity contribution in [1.29, 1.82) is 0 Å². The molecule has 0 radical (unpaired) electrons. The fourth-order valence-electron chi connectivity index (χ4n) is 1.90. The van der Waals surface area contributed by atoms with E-state index >= 15 is 0 Å². The Bertz CT molecular complexity index is 853. The Morgan fingerprint density at radius 1 is 1.24 bits per heavy atom. The second-order valence-corrected chi connectivity index (χ2v) is 7.23. The van der Waals surface area contributed by atoms with Gasteiger partial charge in [0.25, 0.3) is 0 Å². The molecule has 0 fully saturated rings. The lowest BCUT2D eigenvalue weighted by Gasteiger charge is -2.00. The van der Waals surface area contributed by atoms with Crippen molar-refractivity contribution in [2.45, 2.75) is 10.9 Å². The van der Waals surface area contributed by atoms with Gasteiger partial charge in [0, 0.05) is 18.0 Å².